The van der Waals surface area contributed by atoms with Crippen molar-refractivity contribution in [3.63, 3.8) is 0 Å². The lowest BCUT2D eigenvalue weighted by Crippen LogP contribution is -2.32. The van der Waals surface area contributed by atoms with E-state index in [0.717, 1.165) is 29.9 Å². The Kier molecular flexibility index (Phi) is 3.38. The maximum Gasteiger partial charge on any atom is 0.119 e. The molecule has 0 radical (unpaired) electrons. The first-order valence-electron chi connectivity index (χ1n) is 6.45. The number of hydrogen-bond acceptors (Lipinski definition) is 3. The summed E-state index contributed by atoms with van der Waals surface area (Å²) >= 11 is 0. The summed E-state index contributed by atoms with van der Waals surface area (Å²) in [4.78, 5) is 0. The Morgan fingerprint density at radius 2 is 1.58 bits per heavy atom. The van der Waals surface area contributed by atoms with Crippen LogP contribution in [0.3, 0.4) is 0 Å². The van der Waals surface area contributed by atoms with E-state index in [-0.39, 0.29) is 11.9 Å². The Balaban J connectivity index is 1.65. The average molecular weight is 256 g/mol. The first kappa shape index (κ1) is 12.1. The van der Waals surface area contributed by atoms with Crippen molar-refractivity contribution >= 4 is 0 Å². The molecule has 1 N–H and O–H groups in total. The third-order valence-corrected chi connectivity index (χ3v) is 3.28. The van der Waals surface area contributed by atoms with Gasteiger partial charge in [0.25, 0.3) is 0 Å². The van der Waals surface area contributed by atoms with Crippen molar-refractivity contribution in [3.05, 3.63) is 48.5 Å². The molecule has 1 saturated heterocycles. The second-order valence-electron chi connectivity index (χ2n) is 4.66. The molecule has 1 aliphatic rings. The first-order valence-corrected chi connectivity index (χ1v) is 6.45. The maximum absolute atomic E-state index is 9.27. The molecule has 3 rings (SSSR count). The molecule has 1 heterocycles. The molecule has 3 heteroatoms. The number of hydrogen-bond donors (Lipinski definition) is 1. The predicted octanol–water partition coefficient (Wildman–Crippen LogP) is 3.23. The molecule has 0 amide bonds. The molecular weight excluding hydrogens is 240 g/mol. The van der Waals surface area contributed by atoms with Crippen LogP contribution in [0, 0.1) is 0 Å². The van der Waals surface area contributed by atoms with E-state index < -0.39 is 0 Å². The smallest absolute Gasteiger partial charge is 0.119 e. The largest absolute Gasteiger partial charge is 0.508 e. The monoisotopic (exact) mass is 256 g/mol. The van der Waals surface area contributed by atoms with Gasteiger partial charge in [-0.2, -0.15) is 0 Å². The fraction of sp³-hybridized carbons (Fsp3) is 0.250. The zero-order valence-corrected chi connectivity index (χ0v) is 10.6. The summed E-state index contributed by atoms with van der Waals surface area (Å²) in [6, 6.07) is 15.1. The number of rotatable bonds is 4. The molecule has 1 unspecified atom stereocenters. The molecule has 0 bridgehead atoms. The molecule has 0 aliphatic carbocycles. The van der Waals surface area contributed by atoms with E-state index in [1.165, 1.54) is 0 Å². The highest BCUT2D eigenvalue weighted by atomic mass is 16.5. The Morgan fingerprint density at radius 1 is 1.00 bits per heavy atom. The minimum atomic E-state index is 0.261. The summed E-state index contributed by atoms with van der Waals surface area (Å²) in [6.45, 7) is 1.48. The topological polar surface area (TPSA) is 38.7 Å². The highest BCUT2D eigenvalue weighted by Crippen LogP contribution is 2.24. The van der Waals surface area contributed by atoms with Crippen LogP contribution in [-0.2, 0) is 4.74 Å². The summed E-state index contributed by atoms with van der Waals surface area (Å²) < 4.78 is 11.0. The molecule has 98 valence electrons. The highest BCUT2D eigenvalue weighted by Gasteiger charge is 2.18. The zero-order chi connectivity index (χ0) is 13.1. The molecule has 2 aromatic carbocycles. The first-order chi connectivity index (χ1) is 9.31. The Hall–Kier alpha value is -2.00. The molecular formula is C16H16O3. The third kappa shape index (κ3) is 2.88. The van der Waals surface area contributed by atoms with Crippen LogP contribution in [0.2, 0.25) is 0 Å². The van der Waals surface area contributed by atoms with Crippen molar-refractivity contribution in [2.75, 3.05) is 13.2 Å². The normalized spacial score (nSPS) is 17.8. The Labute approximate surface area is 112 Å². The van der Waals surface area contributed by atoms with Crippen LogP contribution < -0.4 is 4.74 Å². The van der Waals surface area contributed by atoms with Gasteiger partial charge in [0.1, 0.15) is 18.1 Å². The van der Waals surface area contributed by atoms with Crippen LogP contribution in [0.5, 0.6) is 11.5 Å². The highest BCUT2D eigenvalue weighted by molar-refractivity contribution is 5.64. The summed E-state index contributed by atoms with van der Waals surface area (Å²) in [7, 11) is 0. The Bertz CT molecular complexity index is 527. The summed E-state index contributed by atoms with van der Waals surface area (Å²) in [6.07, 6.45) is 1.35. The van der Waals surface area contributed by atoms with Crippen molar-refractivity contribution < 1.29 is 14.6 Å². The van der Waals surface area contributed by atoms with Gasteiger partial charge in [0.05, 0.1) is 6.10 Å². The lowest BCUT2D eigenvalue weighted by molar-refractivity contribution is -0.0720. The van der Waals surface area contributed by atoms with Crippen LogP contribution >= 0.6 is 0 Å². The van der Waals surface area contributed by atoms with Gasteiger partial charge in [-0.1, -0.05) is 24.3 Å². The SMILES string of the molecule is Oc1ccc(-c2ccc(OCC3CCO3)cc2)cc1. The van der Waals surface area contributed by atoms with Crippen LogP contribution in [-0.4, -0.2) is 24.4 Å². The van der Waals surface area contributed by atoms with Crippen molar-refractivity contribution in [3.8, 4) is 22.6 Å². The molecule has 1 aliphatic heterocycles. The van der Waals surface area contributed by atoms with Crippen LogP contribution in [0.25, 0.3) is 11.1 Å². The fourth-order valence-electron chi connectivity index (χ4n) is 2.00. The van der Waals surface area contributed by atoms with Crippen LogP contribution in [0.4, 0.5) is 0 Å². The molecule has 1 atom stereocenters. The van der Waals surface area contributed by atoms with Gasteiger partial charge in [0.2, 0.25) is 0 Å². The second kappa shape index (κ2) is 5.33. The van der Waals surface area contributed by atoms with E-state index in [1.54, 1.807) is 12.1 Å². The van der Waals surface area contributed by atoms with Gasteiger partial charge in [-0.15, -0.1) is 0 Å². The molecule has 2 aromatic rings. The third-order valence-electron chi connectivity index (χ3n) is 3.28. The number of aromatic hydroxyl groups is 1. The van der Waals surface area contributed by atoms with E-state index >= 15 is 0 Å². The van der Waals surface area contributed by atoms with E-state index in [9.17, 15) is 5.11 Å². The average Bonchev–Trinajstić information content (AvgIpc) is 2.39. The Morgan fingerprint density at radius 3 is 2.11 bits per heavy atom. The number of phenolic OH excluding ortho intramolecular Hbond substituents is 1. The molecule has 1 fully saturated rings. The van der Waals surface area contributed by atoms with E-state index in [4.69, 9.17) is 9.47 Å². The molecule has 0 spiro atoms. The zero-order valence-electron chi connectivity index (χ0n) is 10.6. The van der Waals surface area contributed by atoms with Crippen molar-refractivity contribution in [1.29, 1.82) is 0 Å². The van der Waals surface area contributed by atoms with Gasteiger partial charge >= 0.3 is 0 Å². The molecule has 0 aromatic heterocycles. The lowest BCUT2D eigenvalue weighted by Gasteiger charge is -2.26. The number of phenols is 1. The van der Waals surface area contributed by atoms with Crippen molar-refractivity contribution in [1.82, 2.24) is 0 Å². The summed E-state index contributed by atoms with van der Waals surface area (Å²) in [5.74, 6) is 1.14. The minimum Gasteiger partial charge on any atom is -0.508 e. The second-order valence-corrected chi connectivity index (χ2v) is 4.66. The lowest BCUT2D eigenvalue weighted by atomic mass is 10.1. The van der Waals surface area contributed by atoms with Gasteiger partial charge < -0.3 is 14.6 Å². The van der Waals surface area contributed by atoms with E-state index in [2.05, 4.69) is 0 Å². The fourth-order valence-corrected chi connectivity index (χ4v) is 2.00. The van der Waals surface area contributed by atoms with Crippen LogP contribution in [0.15, 0.2) is 48.5 Å². The quantitative estimate of drug-likeness (QED) is 0.912. The van der Waals surface area contributed by atoms with E-state index in [0.29, 0.717) is 6.61 Å². The van der Waals surface area contributed by atoms with Gasteiger partial charge in [-0.05, 0) is 35.4 Å². The van der Waals surface area contributed by atoms with Gasteiger partial charge in [-0.3, -0.25) is 0 Å². The van der Waals surface area contributed by atoms with Crippen molar-refractivity contribution in [2.24, 2.45) is 0 Å². The molecule has 19 heavy (non-hydrogen) atoms. The predicted molar refractivity (Wildman–Crippen MR) is 73.4 cm³/mol. The van der Waals surface area contributed by atoms with Gasteiger partial charge in [0.15, 0.2) is 0 Å². The van der Waals surface area contributed by atoms with Crippen LogP contribution in [0.1, 0.15) is 6.42 Å². The molecule has 3 nitrogen and oxygen atoms in total. The van der Waals surface area contributed by atoms with Gasteiger partial charge in [-0.25, -0.2) is 0 Å². The number of benzene rings is 2. The van der Waals surface area contributed by atoms with Gasteiger partial charge in [0, 0.05) is 13.0 Å². The minimum absolute atomic E-state index is 0.261. The standard InChI is InChI=1S/C16H16O3/c17-14-5-1-12(2-6-14)13-3-7-15(8-4-13)19-11-16-9-10-18-16/h1-8,16-17H,9-11H2. The summed E-state index contributed by atoms with van der Waals surface area (Å²) in [5.41, 5.74) is 2.18. The maximum atomic E-state index is 9.27. The summed E-state index contributed by atoms with van der Waals surface area (Å²) in [5, 5.41) is 9.27. The molecule has 0 saturated carbocycles. The van der Waals surface area contributed by atoms with E-state index in [1.807, 2.05) is 36.4 Å². The van der Waals surface area contributed by atoms with Crippen molar-refractivity contribution in [2.45, 2.75) is 12.5 Å². The number of ether oxygens (including phenoxy) is 2.